The molecule has 0 spiro atoms. The van der Waals surface area contributed by atoms with Crippen LogP contribution < -0.4 is 4.74 Å². The molecular weight excluding hydrogens is 545 g/mol. The largest absolute Gasteiger partial charge is 0.507 e. The zero-order chi connectivity index (χ0) is 30.4. The maximum atomic E-state index is 11.5. The quantitative estimate of drug-likeness (QED) is 0.243. The lowest BCUT2D eigenvalue weighted by atomic mass is 9.82. The Morgan fingerprint density at radius 2 is 1.47 bits per heavy atom. The fourth-order valence-corrected chi connectivity index (χ4v) is 6.98. The van der Waals surface area contributed by atoms with E-state index in [1.807, 2.05) is 60.7 Å². The highest BCUT2D eigenvalue weighted by molar-refractivity contribution is 7.99. The van der Waals surface area contributed by atoms with Crippen molar-refractivity contribution in [3.05, 3.63) is 119 Å². The monoisotopic (exact) mass is 582 g/mol. The first-order chi connectivity index (χ1) is 20.5. The van der Waals surface area contributed by atoms with E-state index in [0.717, 1.165) is 44.2 Å². The van der Waals surface area contributed by atoms with Crippen molar-refractivity contribution in [1.82, 2.24) is 0 Å². The van der Waals surface area contributed by atoms with Gasteiger partial charge in [0.25, 0.3) is 0 Å². The summed E-state index contributed by atoms with van der Waals surface area (Å²) in [6.45, 7) is 13.5. The number of benzene rings is 4. The standard InChI is InChI=1S/C40H38O2S/c1-39(2,3)29-16-12-20-34-27(23-29)22-28-24-33(40(4,5)6)37(25-35(28)42-34)43-36-21-11-10-17-31(36)32-19-13-18-30(38(32)41)26-14-8-7-9-15-26/h7-11,13-19,21,23-25,34,41H,22H2,1-6H3. The van der Waals surface area contributed by atoms with Gasteiger partial charge in [0.15, 0.2) is 6.10 Å². The van der Waals surface area contributed by atoms with E-state index in [4.69, 9.17) is 4.74 Å². The smallest absolute Gasteiger partial charge is 0.181 e. The minimum Gasteiger partial charge on any atom is -0.507 e. The summed E-state index contributed by atoms with van der Waals surface area (Å²) in [6, 6.07) is 28.9. The molecular formula is C40H38O2S. The molecule has 1 heterocycles. The van der Waals surface area contributed by atoms with Crippen molar-refractivity contribution in [3.63, 3.8) is 0 Å². The Balaban J connectivity index is 1.41. The average molecular weight is 583 g/mol. The van der Waals surface area contributed by atoms with E-state index >= 15 is 0 Å². The maximum absolute atomic E-state index is 11.5. The van der Waals surface area contributed by atoms with Crippen LogP contribution in [0.4, 0.5) is 0 Å². The van der Waals surface area contributed by atoms with Gasteiger partial charge in [0.05, 0.1) is 0 Å². The molecule has 2 aliphatic rings. The second-order valence-corrected chi connectivity index (χ2v) is 14.5. The predicted molar refractivity (Wildman–Crippen MR) is 180 cm³/mol. The van der Waals surface area contributed by atoms with Crippen molar-refractivity contribution in [3.8, 4) is 45.6 Å². The van der Waals surface area contributed by atoms with E-state index in [2.05, 4.69) is 89.8 Å². The van der Waals surface area contributed by atoms with E-state index in [9.17, 15) is 5.11 Å². The molecule has 43 heavy (non-hydrogen) atoms. The molecule has 0 saturated carbocycles. The Hall–Kier alpha value is -4.13. The van der Waals surface area contributed by atoms with Crippen LogP contribution in [0.25, 0.3) is 22.3 Å². The molecule has 6 rings (SSSR count). The first-order valence-electron chi connectivity index (χ1n) is 14.9. The topological polar surface area (TPSA) is 29.5 Å². The second-order valence-electron chi connectivity index (χ2n) is 13.4. The Morgan fingerprint density at radius 1 is 0.767 bits per heavy atom. The van der Waals surface area contributed by atoms with Crippen LogP contribution in [0.3, 0.4) is 0 Å². The van der Waals surface area contributed by atoms with Crippen LogP contribution in [0, 0.1) is 17.3 Å². The molecule has 3 heteroatoms. The number of hydrogen-bond donors (Lipinski definition) is 1. The minimum atomic E-state index is -0.244. The molecule has 0 radical (unpaired) electrons. The molecule has 0 amide bonds. The summed E-state index contributed by atoms with van der Waals surface area (Å²) in [5, 5.41) is 11.5. The molecule has 0 aromatic heterocycles. The third-order valence-corrected chi connectivity index (χ3v) is 9.25. The first kappa shape index (κ1) is 29.0. The minimum absolute atomic E-state index is 0.0242. The van der Waals surface area contributed by atoms with Crippen molar-refractivity contribution >= 4 is 11.8 Å². The number of allylic oxidation sites excluding steroid dienone is 3. The van der Waals surface area contributed by atoms with Crippen LogP contribution in [-0.2, 0) is 11.8 Å². The molecule has 1 unspecified atom stereocenters. The lowest BCUT2D eigenvalue weighted by molar-refractivity contribution is 0.272. The summed E-state index contributed by atoms with van der Waals surface area (Å²) >= 11 is 1.73. The summed E-state index contributed by atoms with van der Waals surface area (Å²) in [5.41, 5.74) is 8.54. The van der Waals surface area contributed by atoms with E-state index in [0.29, 0.717) is 5.75 Å². The Labute approximate surface area is 260 Å². The third-order valence-electron chi connectivity index (χ3n) is 8.11. The Kier molecular flexibility index (Phi) is 7.53. The van der Waals surface area contributed by atoms with Gasteiger partial charge in [-0.25, -0.2) is 0 Å². The number of phenols is 1. The van der Waals surface area contributed by atoms with Crippen molar-refractivity contribution in [2.75, 3.05) is 0 Å². The van der Waals surface area contributed by atoms with Crippen molar-refractivity contribution in [2.24, 2.45) is 5.41 Å². The molecule has 2 nitrogen and oxygen atoms in total. The van der Waals surface area contributed by atoms with E-state index < -0.39 is 0 Å². The first-order valence-corrected chi connectivity index (χ1v) is 15.7. The molecule has 4 aromatic rings. The molecule has 0 saturated heterocycles. The second kappa shape index (κ2) is 11.2. The molecule has 1 N–H and O–H groups in total. The van der Waals surface area contributed by atoms with E-state index in [1.165, 1.54) is 22.3 Å². The number of phenolic OH excluding ortho intramolecular Hbond substituents is 1. The average Bonchev–Trinajstić information content (AvgIpc) is 3.18. The van der Waals surface area contributed by atoms with Gasteiger partial charge < -0.3 is 9.84 Å². The number of hydrogen-bond acceptors (Lipinski definition) is 3. The summed E-state index contributed by atoms with van der Waals surface area (Å²) in [5.74, 6) is 7.79. The fraction of sp³-hybridized carbons (Fsp3) is 0.250. The van der Waals surface area contributed by atoms with Gasteiger partial charge >= 0.3 is 0 Å². The molecule has 0 fully saturated rings. The van der Waals surface area contributed by atoms with Crippen LogP contribution >= 0.6 is 11.8 Å². The van der Waals surface area contributed by atoms with Crippen molar-refractivity contribution in [2.45, 2.75) is 69.3 Å². The molecule has 1 aliphatic heterocycles. The van der Waals surface area contributed by atoms with Gasteiger partial charge in [0, 0.05) is 27.3 Å². The summed E-state index contributed by atoms with van der Waals surface area (Å²) in [7, 11) is 0. The molecule has 0 bridgehead atoms. The maximum Gasteiger partial charge on any atom is 0.181 e. The zero-order valence-electron chi connectivity index (χ0n) is 25.8. The summed E-state index contributed by atoms with van der Waals surface area (Å²) in [6.07, 6.45) is 4.91. The van der Waals surface area contributed by atoms with Crippen LogP contribution in [0.15, 0.2) is 118 Å². The van der Waals surface area contributed by atoms with Crippen molar-refractivity contribution in [1.29, 1.82) is 0 Å². The third kappa shape index (κ3) is 5.90. The lowest BCUT2D eigenvalue weighted by Gasteiger charge is -2.30. The molecule has 1 atom stereocenters. The van der Waals surface area contributed by atoms with Gasteiger partial charge in [0.2, 0.25) is 0 Å². The lowest BCUT2D eigenvalue weighted by Crippen LogP contribution is -2.25. The highest BCUT2D eigenvalue weighted by Gasteiger charge is 2.30. The van der Waals surface area contributed by atoms with Crippen LogP contribution in [0.2, 0.25) is 0 Å². The number of fused-ring (bicyclic) bond motifs is 2. The fourth-order valence-electron chi connectivity index (χ4n) is 5.67. The summed E-state index contributed by atoms with van der Waals surface area (Å²) in [4.78, 5) is 2.23. The number of rotatable bonds is 4. The van der Waals surface area contributed by atoms with Crippen LogP contribution in [0.1, 0.15) is 52.7 Å². The molecule has 1 aliphatic carbocycles. The van der Waals surface area contributed by atoms with Gasteiger partial charge in [0.1, 0.15) is 11.5 Å². The molecule has 216 valence electrons. The normalized spacial score (nSPS) is 16.0. The summed E-state index contributed by atoms with van der Waals surface area (Å²) < 4.78 is 6.59. The number of ether oxygens (including phenoxy) is 1. The van der Waals surface area contributed by atoms with Gasteiger partial charge in [-0.05, 0) is 68.4 Å². The predicted octanol–water partition coefficient (Wildman–Crippen LogP) is 10.4. The highest BCUT2D eigenvalue weighted by atomic mass is 32.2. The Morgan fingerprint density at radius 3 is 2.21 bits per heavy atom. The van der Waals surface area contributed by atoms with Gasteiger partial charge in [-0.1, -0.05) is 138 Å². The number of para-hydroxylation sites is 1. The van der Waals surface area contributed by atoms with Crippen molar-refractivity contribution < 1.29 is 9.84 Å². The van der Waals surface area contributed by atoms with Gasteiger partial charge in [-0.15, -0.1) is 0 Å². The van der Waals surface area contributed by atoms with E-state index in [-0.39, 0.29) is 16.9 Å². The van der Waals surface area contributed by atoms with Crippen LogP contribution in [-0.4, -0.2) is 11.2 Å². The number of aromatic hydroxyl groups is 1. The zero-order valence-corrected chi connectivity index (χ0v) is 26.6. The van der Waals surface area contributed by atoms with E-state index in [1.54, 1.807) is 11.8 Å². The van der Waals surface area contributed by atoms with Gasteiger partial charge in [-0.3, -0.25) is 0 Å². The molecule has 4 aromatic carbocycles. The Bertz CT molecular complexity index is 1820. The van der Waals surface area contributed by atoms with Crippen LogP contribution in [0.5, 0.6) is 11.5 Å². The van der Waals surface area contributed by atoms with Gasteiger partial charge in [-0.2, -0.15) is 0 Å². The SMILES string of the molecule is CC(C)(C)C1=CC#CC2Oc3cc(Sc4ccccc4-c4cccc(-c5ccccc5)c4O)c(C(C)(C)C)cc3CC2=C1. The highest BCUT2D eigenvalue weighted by Crippen LogP contribution is 2.47.